The number of ketones is 1. The Balaban J connectivity index is 1.75. The second kappa shape index (κ2) is 8.45. The molecule has 34 heavy (non-hydrogen) atoms. The van der Waals surface area contributed by atoms with Crippen LogP contribution in [0.5, 0.6) is 0 Å². The van der Waals surface area contributed by atoms with Gasteiger partial charge in [-0.15, -0.1) is 0 Å². The largest absolute Gasteiger partial charge is 0.478 e. The SMILES string of the molecule is CN(C)c1ccc(/C=C/c2nc3c(c(-c4ccccc4)c2C(=O)O)C(=O)c2ccccc2-3)cc1. The molecule has 0 saturated carbocycles. The maximum atomic E-state index is 13.4. The number of carbonyl (C=O) groups excluding carboxylic acids is 1. The van der Waals surface area contributed by atoms with Gasteiger partial charge in [0.1, 0.15) is 0 Å². The van der Waals surface area contributed by atoms with Crippen molar-refractivity contribution < 1.29 is 14.7 Å². The van der Waals surface area contributed by atoms with Gasteiger partial charge in [-0.2, -0.15) is 0 Å². The molecule has 0 radical (unpaired) electrons. The highest BCUT2D eigenvalue weighted by molar-refractivity contribution is 6.25. The van der Waals surface area contributed by atoms with Crippen LogP contribution in [0.1, 0.15) is 37.5 Å². The van der Waals surface area contributed by atoms with Gasteiger partial charge < -0.3 is 10.0 Å². The van der Waals surface area contributed by atoms with E-state index in [1.807, 2.05) is 91.8 Å². The lowest BCUT2D eigenvalue weighted by atomic mass is 9.91. The first-order chi connectivity index (χ1) is 16.5. The minimum atomic E-state index is -1.12. The molecule has 0 bridgehead atoms. The second-order valence-electron chi connectivity index (χ2n) is 8.34. The minimum absolute atomic E-state index is 0.0206. The van der Waals surface area contributed by atoms with Crippen LogP contribution in [0.15, 0.2) is 78.9 Å². The van der Waals surface area contributed by atoms with E-state index >= 15 is 0 Å². The third kappa shape index (κ3) is 3.57. The number of carboxylic acids is 1. The van der Waals surface area contributed by atoms with Crippen molar-refractivity contribution in [1.29, 1.82) is 0 Å². The molecular weight excluding hydrogens is 424 g/mol. The van der Waals surface area contributed by atoms with Crippen molar-refractivity contribution in [3.63, 3.8) is 0 Å². The number of carbonyl (C=O) groups is 2. The highest BCUT2D eigenvalue weighted by atomic mass is 16.4. The first-order valence-corrected chi connectivity index (χ1v) is 10.9. The van der Waals surface area contributed by atoms with Crippen LogP contribution in [0, 0.1) is 0 Å². The Morgan fingerprint density at radius 3 is 2.12 bits per heavy atom. The highest BCUT2D eigenvalue weighted by Crippen LogP contribution is 2.43. The van der Waals surface area contributed by atoms with Gasteiger partial charge in [0.05, 0.1) is 22.5 Å². The topological polar surface area (TPSA) is 70.5 Å². The Morgan fingerprint density at radius 2 is 1.47 bits per heavy atom. The number of aromatic nitrogens is 1. The number of hydrogen-bond donors (Lipinski definition) is 1. The minimum Gasteiger partial charge on any atom is -0.478 e. The Bertz CT molecular complexity index is 1450. The van der Waals surface area contributed by atoms with E-state index in [9.17, 15) is 14.7 Å². The Hall–Kier alpha value is -4.51. The zero-order valence-electron chi connectivity index (χ0n) is 18.8. The van der Waals surface area contributed by atoms with Gasteiger partial charge in [-0.05, 0) is 29.3 Å². The molecule has 1 aromatic heterocycles. The number of rotatable bonds is 5. The summed E-state index contributed by atoms with van der Waals surface area (Å²) in [6, 6.07) is 24.4. The quantitative estimate of drug-likeness (QED) is 0.364. The number of benzene rings is 3. The number of aromatic carboxylic acids is 1. The van der Waals surface area contributed by atoms with Crippen LogP contribution < -0.4 is 4.90 Å². The molecule has 5 nitrogen and oxygen atoms in total. The molecule has 0 aliphatic heterocycles. The molecule has 3 aromatic carbocycles. The summed E-state index contributed by atoms with van der Waals surface area (Å²) in [5.74, 6) is -1.32. The lowest BCUT2D eigenvalue weighted by Gasteiger charge is -2.14. The Kier molecular flexibility index (Phi) is 5.30. The van der Waals surface area contributed by atoms with E-state index in [1.165, 1.54) is 0 Å². The molecular formula is C29H22N2O3. The van der Waals surface area contributed by atoms with Crippen LogP contribution >= 0.6 is 0 Å². The fourth-order valence-corrected chi connectivity index (χ4v) is 4.33. The smallest absolute Gasteiger partial charge is 0.338 e. The molecule has 1 aliphatic carbocycles. The average molecular weight is 447 g/mol. The molecule has 1 N–H and O–H groups in total. The van der Waals surface area contributed by atoms with E-state index in [0.717, 1.165) is 16.8 Å². The van der Waals surface area contributed by atoms with Crippen molar-refractivity contribution in [2.75, 3.05) is 19.0 Å². The first-order valence-electron chi connectivity index (χ1n) is 10.9. The Labute approximate surface area is 197 Å². The summed E-state index contributed by atoms with van der Waals surface area (Å²) in [6.07, 6.45) is 3.56. The standard InChI is InChI=1S/C29H22N2O3/c1-31(2)20-15-12-18(13-16-20)14-17-23-25(29(33)34)24(19-8-4-3-5-9-19)26-27(30-23)21-10-6-7-11-22(21)28(26)32/h3-17H,1-2H3,(H,33,34)/b17-14+. The molecule has 5 heteroatoms. The van der Waals surface area contributed by atoms with Crippen LogP contribution in [0.2, 0.25) is 0 Å². The summed E-state index contributed by atoms with van der Waals surface area (Å²) in [5, 5.41) is 10.2. The fourth-order valence-electron chi connectivity index (χ4n) is 4.33. The van der Waals surface area contributed by atoms with E-state index in [1.54, 1.807) is 18.2 Å². The summed E-state index contributed by atoms with van der Waals surface area (Å²) in [5.41, 5.74) is 5.53. The molecule has 166 valence electrons. The van der Waals surface area contributed by atoms with Gasteiger partial charge in [0.25, 0.3) is 0 Å². The zero-order valence-corrected chi connectivity index (χ0v) is 18.8. The van der Waals surface area contributed by atoms with Crippen LogP contribution in [0.4, 0.5) is 5.69 Å². The molecule has 0 unspecified atom stereocenters. The molecule has 1 aliphatic rings. The predicted molar refractivity (Wildman–Crippen MR) is 135 cm³/mol. The monoisotopic (exact) mass is 446 g/mol. The van der Waals surface area contributed by atoms with Crippen molar-refractivity contribution in [3.05, 3.63) is 107 Å². The van der Waals surface area contributed by atoms with E-state index < -0.39 is 5.97 Å². The molecule has 0 atom stereocenters. The summed E-state index contributed by atoms with van der Waals surface area (Å²) in [7, 11) is 3.95. The third-order valence-electron chi connectivity index (χ3n) is 6.00. The highest BCUT2D eigenvalue weighted by Gasteiger charge is 2.35. The normalized spacial score (nSPS) is 12.0. The fraction of sp³-hybridized carbons (Fsp3) is 0.0690. The first kappa shape index (κ1) is 21.3. The van der Waals surface area contributed by atoms with Crippen LogP contribution in [0.25, 0.3) is 34.5 Å². The van der Waals surface area contributed by atoms with Crippen molar-refractivity contribution in [2.24, 2.45) is 0 Å². The van der Waals surface area contributed by atoms with Gasteiger partial charge in [0.2, 0.25) is 0 Å². The van der Waals surface area contributed by atoms with Gasteiger partial charge >= 0.3 is 5.97 Å². The second-order valence-corrected chi connectivity index (χ2v) is 8.34. The van der Waals surface area contributed by atoms with Crippen molar-refractivity contribution in [3.8, 4) is 22.4 Å². The maximum Gasteiger partial charge on any atom is 0.338 e. The summed E-state index contributed by atoms with van der Waals surface area (Å²) in [6.45, 7) is 0. The van der Waals surface area contributed by atoms with Crippen LogP contribution in [-0.4, -0.2) is 35.9 Å². The van der Waals surface area contributed by atoms with Crippen LogP contribution in [-0.2, 0) is 0 Å². The van der Waals surface area contributed by atoms with Gasteiger partial charge in [-0.3, -0.25) is 4.79 Å². The van der Waals surface area contributed by atoms with Crippen molar-refractivity contribution in [1.82, 2.24) is 4.98 Å². The summed E-state index contributed by atoms with van der Waals surface area (Å²) in [4.78, 5) is 32.6. The van der Waals surface area contributed by atoms with E-state index in [4.69, 9.17) is 4.98 Å². The number of nitrogens with zero attached hydrogens (tertiary/aromatic N) is 2. The molecule has 0 saturated heterocycles. The van der Waals surface area contributed by atoms with Gasteiger partial charge in [-0.25, -0.2) is 9.78 Å². The van der Waals surface area contributed by atoms with E-state index in [2.05, 4.69) is 0 Å². The predicted octanol–water partition coefficient (Wildman–Crippen LogP) is 5.89. The number of anilines is 1. The van der Waals surface area contributed by atoms with E-state index in [-0.39, 0.29) is 11.3 Å². The molecule has 4 aromatic rings. The number of fused-ring (bicyclic) bond motifs is 3. The lowest BCUT2D eigenvalue weighted by Crippen LogP contribution is -2.10. The van der Waals surface area contributed by atoms with Gasteiger partial charge in [0, 0.05) is 36.5 Å². The number of pyridine rings is 1. The average Bonchev–Trinajstić information content (AvgIpc) is 3.14. The summed E-state index contributed by atoms with van der Waals surface area (Å²) >= 11 is 0. The molecule has 0 amide bonds. The number of hydrogen-bond acceptors (Lipinski definition) is 4. The molecule has 5 rings (SSSR count). The summed E-state index contributed by atoms with van der Waals surface area (Å²) < 4.78 is 0. The van der Waals surface area contributed by atoms with Crippen LogP contribution in [0.3, 0.4) is 0 Å². The Morgan fingerprint density at radius 1 is 0.824 bits per heavy atom. The van der Waals surface area contributed by atoms with Gasteiger partial charge in [0.15, 0.2) is 5.78 Å². The molecule has 0 fully saturated rings. The third-order valence-corrected chi connectivity index (χ3v) is 6.00. The van der Waals surface area contributed by atoms with Crippen molar-refractivity contribution in [2.45, 2.75) is 0 Å². The van der Waals surface area contributed by atoms with Gasteiger partial charge in [-0.1, -0.05) is 72.8 Å². The molecule has 1 heterocycles. The molecule has 0 spiro atoms. The van der Waals surface area contributed by atoms with Crippen molar-refractivity contribution >= 4 is 29.6 Å². The lowest BCUT2D eigenvalue weighted by molar-refractivity contribution is 0.0697. The number of carboxylic acid groups (broad SMARTS) is 1. The van der Waals surface area contributed by atoms with E-state index in [0.29, 0.717) is 33.6 Å². The zero-order chi connectivity index (χ0) is 23.8. The maximum absolute atomic E-state index is 13.4.